The van der Waals surface area contributed by atoms with Gasteiger partial charge in [0.05, 0.1) is 17.4 Å². The Balaban J connectivity index is 1.79. The number of nitrogens with zero attached hydrogens (tertiary/aromatic N) is 1. The summed E-state index contributed by atoms with van der Waals surface area (Å²) in [7, 11) is 0. The molecule has 0 bridgehead atoms. The number of amides is 2. The first-order chi connectivity index (χ1) is 15.8. The molecule has 168 valence electrons. The summed E-state index contributed by atoms with van der Waals surface area (Å²) in [5.41, 5.74) is 5.73. The quantitative estimate of drug-likeness (QED) is 0.493. The van der Waals surface area contributed by atoms with E-state index in [1.54, 1.807) is 24.3 Å². The number of nitrogens with one attached hydrogen (secondary N) is 1. The Kier molecular flexibility index (Phi) is 6.05. The fourth-order valence-corrected chi connectivity index (χ4v) is 4.02. The van der Waals surface area contributed by atoms with Crippen LogP contribution in [0.1, 0.15) is 36.1 Å². The van der Waals surface area contributed by atoms with Gasteiger partial charge >= 0.3 is 0 Å². The van der Waals surface area contributed by atoms with Gasteiger partial charge < -0.3 is 10.1 Å². The zero-order valence-electron chi connectivity index (χ0n) is 19.6. The summed E-state index contributed by atoms with van der Waals surface area (Å²) in [6.45, 7) is 9.83. The van der Waals surface area contributed by atoms with E-state index in [1.807, 2.05) is 77.1 Å². The van der Waals surface area contributed by atoms with Gasteiger partial charge in [0.15, 0.2) is 0 Å². The van der Waals surface area contributed by atoms with Gasteiger partial charge in [0.2, 0.25) is 0 Å². The number of hydrogen-bond donors (Lipinski definition) is 1. The van der Waals surface area contributed by atoms with Crippen LogP contribution in [0.25, 0.3) is 5.57 Å². The van der Waals surface area contributed by atoms with Crippen LogP contribution in [0.4, 0.5) is 11.4 Å². The van der Waals surface area contributed by atoms with Gasteiger partial charge in [-0.1, -0.05) is 42.0 Å². The van der Waals surface area contributed by atoms with Crippen LogP contribution in [0.3, 0.4) is 0 Å². The number of carbonyl (C=O) groups excluding carboxylic acids is 2. The number of rotatable bonds is 6. The summed E-state index contributed by atoms with van der Waals surface area (Å²) in [5.74, 6) is -0.0370. The minimum atomic E-state index is -0.379. The normalized spacial score (nSPS) is 13.8. The summed E-state index contributed by atoms with van der Waals surface area (Å²) >= 11 is 0. The van der Waals surface area contributed by atoms with Crippen LogP contribution in [0.15, 0.2) is 72.4 Å². The largest absolute Gasteiger partial charge is 0.491 e. The van der Waals surface area contributed by atoms with Crippen molar-refractivity contribution >= 4 is 28.8 Å². The smallest absolute Gasteiger partial charge is 0.282 e. The number of carbonyl (C=O) groups is 2. The molecule has 1 heterocycles. The van der Waals surface area contributed by atoms with Crippen molar-refractivity contribution in [3.05, 3.63) is 94.7 Å². The standard InChI is InChI=1S/C28H28N2O3/c1-17(2)33-22-13-11-21(12-14-22)30-27(31)25(23-15-10-18(3)16-20(23)5)26(28(30)32)29-24-9-7-6-8-19(24)4/h6-17,29H,1-5H3. The van der Waals surface area contributed by atoms with Crippen molar-refractivity contribution in [2.75, 3.05) is 10.2 Å². The molecule has 5 heteroatoms. The first-order valence-electron chi connectivity index (χ1n) is 11.1. The summed E-state index contributed by atoms with van der Waals surface area (Å²) in [6.07, 6.45) is 0.0357. The molecule has 0 unspecified atom stereocenters. The molecular formula is C28H28N2O3. The minimum Gasteiger partial charge on any atom is -0.491 e. The highest BCUT2D eigenvalue weighted by Crippen LogP contribution is 2.36. The molecule has 0 radical (unpaired) electrons. The Labute approximate surface area is 194 Å². The zero-order chi connectivity index (χ0) is 23.7. The van der Waals surface area contributed by atoms with Crippen LogP contribution >= 0.6 is 0 Å². The molecule has 1 N–H and O–H groups in total. The van der Waals surface area contributed by atoms with Crippen LogP contribution in [0.2, 0.25) is 0 Å². The Morgan fingerprint density at radius 1 is 0.818 bits per heavy atom. The average molecular weight is 441 g/mol. The van der Waals surface area contributed by atoms with E-state index in [1.165, 1.54) is 4.90 Å². The molecule has 0 saturated carbocycles. The average Bonchev–Trinajstić information content (AvgIpc) is 3.00. The molecule has 0 aliphatic carbocycles. The number of imide groups is 1. The second-order valence-electron chi connectivity index (χ2n) is 8.61. The molecule has 0 aromatic heterocycles. The maximum Gasteiger partial charge on any atom is 0.282 e. The molecule has 0 saturated heterocycles. The lowest BCUT2D eigenvalue weighted by Crippen LogP contribution is -2.32. The van der Waals surface area contributed by atoms with Crippen LogP contribution in [0, 0.1) is 20.8 Å². The molecule has 3 aromatic carbocycles. The summed E-state index contributed by atoms with van der Waals surface area (Å²) in [4.78, 5) is 28.5. The number of hydrogen-bond acceptors (Lipinski definition) is 4. The molecule has 0 spiro atoms. The topological polar surface area (TPSA) is 58.6 Å². The van der Waals surface area contributed by atoms with E-state index >= 15 is 0 Å². The molecule has 5 nitrogen and oxygen atoms in total. The van der Waals surface area contributed by atoms with E-state index in [4.69, 9.17) is 4.74 Å². The second-order valence-corrected chi connectivity index (χ2v) is 8.61. The van der Waals surface area contributed by atoms with Gasteiger partial charge in [-0.3, -0.25) is 9.59 Å². The van der Waals surface area contributed by atoms with Gasteiger partial charge in [-0.25, -0.2) is 4.90 Å². The molecule has 1 aliphatic heterocycles. The molecule has 1 aliphatic rings. The SMILES string of the molecule is Cc1ccc(C2=C(Nc3ccccc3C)C(=O)N(c3ccc(OC(C)C)cc3)C2=O)c(C)c1. The lowest BCUT2D eigenvalue weighted by molar-refractivity contribution is -0.120. The van der Waals surface area contributed by atoms with E-state index in [-0.39, 0.29) is 23.6 Å². The highest BCUT2D eigenvalue weighted by atomic mass is 16.5. The first-order valence-corrected chi connectivity index (χ1v) is 11.1. The van der Waals surface area contributed by atoms with Gasteiger partial charge in [-0.15, -0.1) is 0 Å². The van der Waals surface area contributed by atoms with Gasteiger partial charge in [0.25, 0.3) is 11.8 Å². The van der Waals surface area contributed by atoms with Crippen LogP contribution in [-0.2, 0) is 9.59 Å². The van der Waals surface area contributed by atoms with Crippen molar-refractivity contribution in [2.24, 2.45) is 0 Å². The summed E-state index contributed by atoms with van der Waals surface area (Å²) in [5, 5.41) is 3.26. The number of para-hydroxylation sites is 1. The predicted octanol–water partition coefficient (Wildman–Crippen LogP) is 5.80. The van der Waals surface area contributed by atoms with E-state index < -0.39 is 0 Å². The molecule has 2 amide bonds. The maximum absolute atomic E-state index is 13.7. The Hall–Kier alpha value is -3.86. The van der Waals surface area contributed by atoms with Gasteiger partial charge in [0, 0.05) is 5.69 Å². The van der Waals surface area contributed by atoms with Crippen molar-refractivity contribution in [1.82, 2.24) is 0 Å². The monoisotopic (exact) mass is 440 g/mol. The molecule has 33 heavy (non-hydrogen) atoms. The molecule has 0 atom stereocenters. The van der Waals surface area contributed by atoms with E-state index in [9.17, 15) is 9.59 Å². The number of anilines is 2. The summed E-state index contributed by atoms with van der Waals surface area (Å²) < 4.78 is 5.71. The van der Waals surface area contributed by atoms with Gasteiger partial charge in [0.1, 0.15) is 11.4 Å². The Morgan fingerprint density at radius 2 is 1.52 bits per heavy atom. The van der Waals surface area contributed by atoms with Crippen LogP contribution < -0.4 is 15.0 Å². The minimum absolute atomic E-state index is 0.0357. The third-order valence-corrected chi connectivity index (χ3v) is 5.61. The maximum atomic E-state index is 13.7. The molecular weight excluding hydrogens is 412 g/mol. The van der Waals surface area contributed by atoms with Crippen molar-refractivity contribution in [2.45, 2.75) is 40.7 Å². The van der Waals surface area contributed by atoms with Gasteiger partial charge in [-0.05, 0) is 81.6 Å². The van der Waals surface area contributed by atoms with Crippen molar-refractivity contribution in [3.63, 3.8) is 0 Å². The lowest BCUT2D eigenvalue weighted by atomic mass is 9.97. The predicted molar refractivity (Wildman–Crippen MR) is 132 cm³/mol. The van der Waals surface area contributed by atoms with E-state index in [2.05, 4.69) is 5.32 Å². The van der Waals surface area contributed by atoms with Crippen LogP contribution in [-0.4, -0.2) is 17.9 Å². The number of aryl methyl sites for hydroxylation is 3. The Morgan fingerprint density at radius 3 is 2.15 bits per heavy atom. The fraction of sp³-hybridized carbons (Fsp3) is 0.214. The van der Waals surface area contributed by atoms with Gasteiger partial charge in [-0.2, -0.15) is 0 Å². The first kappa shape index (κ1) is 22.3. The van der Waals surface area contributed by atoms with E-state index in [0.29, 0.717) is 17.0 Å². The van der Waals surface area contributed by atoms with E-state index in [0.717, 1.165) is 27.9 Å². The van der Waals surface area contributed by atoms with Crippen molar-refractivity contribution in [1.29, 1.82) is 0 Å². The highest BCUT2D eigenvalue weighted by Gasteiger charge is 2.40. The summed E-state index contributed by atoms with van der Waals surface area (Å²) in [6, 6.07) is 20.6. The number of ether oxygens (including phenoxy) is 1. The van der Waals surface area contributed by atoms with Crippen LogP contribution in [0.5, 0.6) is 5.75 Å². The highest BCUT2D eigenvalue weighted by molar-refractivity contribution is 6.46. The lowest BCUT2D eigenvalue weighted by Gasteiger charge is -2.17. The molecule has 3 aromatic rings. The molecule has 4 rings (SSSR count). The third-order valence-electron chi connectivity index (χ3n) is 5.61. The number of benzene rings is 3. The van der Waals surface area contributed by atoms with Crippen molar-refractivity contribution < 1.29 is 14.3 Å². The van der Waals surface area contributed by atoms with Crippen molar-refractivity contribution in [3.8, 4) is 5.75 Å². The zero-order valence-corrected chi connectivity index (χ0v) is 19.6. The molecule has 0 fully saturated rings. The second kappa shape index (κ2) is 8.94. The fourth-order valence-electron chi connectivity index (χ4n) is 4.02. The Bertz CT molecular complexity index is 1260. The third kappa shape index (κ3) is 4.40.